The van der Waals surface area contributed by atoms with Crippen LogP contribution in [0.4, 0.5) is 4.39 Å². The zero-order valence-electron chi connectivity index (χ0n) is 12.4. The molecular formula is C17H17FN2S. The van der Waals surface area contributed by atoms with Gasteiger partial charge >= 0.3 is 0 Å². The van der Waals surface area contributed by atoms with Gasteiger partial charge in [-0.25, -0.2) is 9.37 Å². The van der Waals surface area contributed by atoms with Crippen LogP contribution >= 0.6 is 11.3 Å². The van der Waals surface area contributed by atoms with Crippen LogP contribution in [0, 0.1) is 26.6 Å². The van der Waals surface area contributed by atoms with Crippen molar-refractivity contribution in [2.45, 2.75) is 27.3 Å². The molecule has 0 amide bonds. The van der Waals surface area contributed by atoms with Crippen molar-refractivity contribution in [1.82, 2.24) is 9.55 Å². The SMILES string of the molecule is Cc1nc(-c2cc(C)n(Cc3ccc(F)cc3)c2C)cs1. The summed E-state index contributed by atoms with van der Waals surface area (Å²) in [6.07, 6.45) is 0. The first kappa shape index (κ1) is 14.0. The predicted molar refractivity (Wildman–Crippen MR) is 85.3 cm³/mol. The van der Waals surface area contributed by atoms with Gasteiger partial charge in [-0.3, -0.25) is 0 Å². The van der Waals surface area contributed by atoms with Crippen molar-refractivity contribution in [3.05, 3.63) is 63.5 Å². The Labute approximate surface area is 127 Å². The Kier molecular flexibility index (Phi) is 3.64. The molecular weight excluding hydrogens is 283 g/mol. The number of aryl methyl sites for hydroxylation is 2. The summed E-state index contributed by atoms with van der Waals surface area (Å²) in [7, 11) is 0. The van der Waals surface area contributed by atoms with Gasteiger partial charge in [-0.05, 0) is 44.5 Å². The Bertz CT molecular complexity index is 769. The highest BCUT2D eigenvalue weighted by atomic mass is 32.1. The van der Waals surface area contributed by atoms with E-state index in [2.05, 4.69) is 34.8 Å². The van der Waals surface area contributed by atoms with Gasteiger partial charge in [-0.2, -0.15) is 0 Å². The molecule has 21 heavy (non-hydrogen) atoms. The molecule has 0 aliphatic carbocycles. The molecule has 1 aromatic carbocycles. The van der Waals surface area contributed by atoms with Crippen LogP contribution in [0.3, 0.4) is 0 Å². The van der Waals surface area contributed by atoms with E-state index in [9.17, 15) is 4.39 Å². The summed E-state index contributed by atoms with van der Waals surface area (Å²) in [6, 6.07) is 8.86. The number of aromatic nitrogens is 2. The summed E-state index contributed by atoms with van der Waals surface area (Å²) < 4.78 is 15.2. The van der Waals surface area contributed by atoms with Crippen molar-refractivity contribution in [1.29, 1.82) is 0 Å². The molecule has 0 spiro atoms. The molecule has 0 atom stereocenters. The summed E-state index contributed by atoms with van der Waals surface area (Å²) in [6.45, 7) is 6.98. The highest BCUT2D eigenvalue weighted by molar-refractivity contribution is 7.09. The van der Waals surface area contributed by atoms with Gasteiger partial charge < -0.3 is 4.57 Å². The number of thiazole rings is 1. The maximum atomic E-state index is 13.0. The highest BCUT2D eigenvalue weighted by Crippen LogP contribution is 2.28. The fourth-order valence-electron chi connectivity index (χ4n) is 2.56. The highest BCUT2D eigenvalue weighted by Gasteiger charge is 2.13. The molecule has 0 saturated heterocycles. The van der Waals surface area contributed by atoms with Crippen molar-refractivity contribution >= 4 is 11.3 Å². The molecule has 0 fully saturated rings. The zero-order valence-corrected chi connectivity index (χ0v) is 13.2. The number of benzene rings is 1. The van der Waals surface area contributed by atoms with Crippen LogP contribution in [-0.2, 0) is 6.54 Å². The summed E-state index contributed by atoms with van der Waals surface area (Å²) in [4.78, 5) is 4.57. The molecule has 0 bridgehead atoms. The lowest BCUT2D eigenvalue weighted by Gasteiger charge is -2.10. The van der Waals surface area contributed by atoms with E-state index in [1.807, 2.05) is 19.1 Å². The largest absolute Gasteiger partial charge is 0.344 e. The number of hydrogen-bond donors (Lipinski definition) is 0. The first-order valence-corrected chi connectivity index (χ1v) is 7.76. The molecule has 2 aromatic heterocycles. The maximum absolute atomic E-state index is 13.0. The molecule has 0 radical (unpaired) electrons. The van der Waals surface area contributed by atoms with E-state index in [1.54, 1.807) is 11.3 Å². The molecule has 3 rings (SSSR count). The second-order valence-corrected chi connectivity index (χ2v) is 6.31. The van der Waals surface area contributed by atoms with Gasteiger partial charge in [0.1, 0.15) is 5.82 Å². The van der Waals surface area contributed by atoms with E-state index in [-0.39, 0.29) is 5.82 Å². The molecule has 0 N–H and O–H groups in total. The standard InChI is InChI=1S/C17H17FN2S/c1-11-8-16(17-10-21-13(3)19-17)12(2)20(11)9-14-4-6-15(18)7-5-14/h4-8,10H,9H2,1-3H3. The van der Waals surface area contributed by atoms with Crippen molar-refractivity contribution in [2.75, 3.05) is 0 Å². The number of hydrogen-bond acceptors (Lipinski definition) is 2. The van der Waals surface area contributed by atoms with E-state index < -0.39 is 0 Å². The van der Waals surface area contributed by atoms with Crippen molar-refractivity contribution in [2.24, 2.45) is 0 Å². The Morgan fingerprint density at radius 1 is 1.14 bits per heavy atom. The minimum absolute atomic E-state index is 0.196. The third-order valence-corrected chi connectivity index (χ3v) is 4.50. The maximum Gasteiger partial charge on any atom is 0.123 e. The lowest BCUT2D eigenvalue weighted by Crippen LogP contribution is -2.03. The van der Waals surface area contributed by atoms with Crippen LogP contribution in [0.1, 0.15) is 22.0 Å². The van der Waals surface area contributed by atoms with Gasteiger partial charge in [0.25, 0.3) is 0 Å². The van der Waals surface area contributed by atoms with Crippen LogP contribution in [0.25, 0.3) is 11.3 Å². The normalized spacial score (nSPS) is 11.0. The van der Waals surface area contributed by atoms with Crippen LogP contribution in [0.2, 0.25) is 0 Å². The Morgan fingerprint density at radius 2 is 1.86 bits per heavy atom. The van der Waals surface area contributed by atoms with Crippen LogP contribution < -0.4 is 0 Å². The van der Waals surface area contributed by atoms with Gasteiger partial charge in [0, 0.05) is 28.9 Å². The smallest absolute Gasteiger partial charge is 0.123 e. The number of nitrogens with zero attached hydrogens (tertiary/aromatic N) is 2. The Hall–Kier alpha value is -1.94. The number of rotatable bonds is 3. The van der Waals surface area contributed by atoms with Crippen LogP contribution in [0.5, 0.6) is 0 Å². The van der Waals surface area contributed by atoms with Gasteiger partial charge in [0.05, 0.1) is 10.7 Å². The van der Waals surface area contributed by atoms with Gasteiger partial charge in [-0.15, -0.1) is 11.3 Å². The average Bonchev–Trinajstić information content (AvgIpc) is 2.99. The van der Waals surface area contributed by atoms with E-state index in [0.717, 1.165) is 22.8 Å². The fourth-order valence-corrected chi connectivity index (χ4v) is 3.18. The third kappa shape index (κ3) is 2.76. The van der Waals surface area contributed by atoms with Crippen LogP contribution in [-0.4, -0.2) is 9.55 Å². The minimum atomic E-state index is -0.196. The van der Waals surface area contributed by atoms with Crippen molar-refractivity contribution < 1.29 is 4.39 Å². The summed E-state index contributed by atoms with van der Waals surface area (Å²) in [5.41, 5.74) is 5.70. The Morgan fingerprint density at radius 3 is 2.48 bits per heavy atom. The third-order valence-electron chi connectivity index (χ3n) is 3.72. The molecule has 2 nitrogen and oxygen atoms in total. The van der Waals surface area contributed by atoms with Crippen molar-refractivity contribution in [3.8, 4) is 11.3 Å². The minimum Gasteiger partial charge on any atom is -0.344 e. The molecule has 4 heteroatoms. The first-order chi connectivity index (χ1) is 10.0. The molecule has 0 unspecified atom stereocenters. The summed E-state index contributed by atoms with van der Waals surface area (Å²) >= 11 is 1.67. The summed E-state index contributed by atoms with van der Waals surface area (Å²) in [5.74, 6) is -0.196. The topological polar surface area (TPSA) is 17.8 Å². The van der Waals surface area contributed by atoms with E-state index in [1.165, 1.54) is 29.1 Å². The molecule has 0 aliphatic rings. The monoisotopic (exact) mass is 300 g/mol. The Balaban J connectivity index is 1.96. The molecule has 0 saturated carbocycles. The van der Waals surface area contributed by atoms with Gasteiger partial charge in [0.15, 0.2) is 0 Å². The lowest BCUT2D eigenvalue weighted by atomic mass is 10.2. The zero-order chi connectivity index (χ0) is 15.0. The van der Waals surface area contributed by atoms with Gasteiger partial charge in [0.2, 0.25) is 0 Å². The molecule has 3 aromatic rings. The first-order valence-electron chi connectivity index (χ1n) is 6.88. The van der Waals surface area contributed by atoms with E-state index in [4.69, 9.17) is 0 Å². The molecule has 0 aliphatic heterocycles. The predicted octanol–water partition coefficient (Wildman–Crippen LogP) is 4.72. The van der Waals surface area contributed by atoms with Crippen molar-refractivity contribution in [3.63, 3.8) is 0 Å². The molecule has 2 heterocycles. The average molecular weight is 300 g/mol. The lowest BCUT2D eigenvalue weighted by molar-refractivity contribution is 0.626. The number of halogens is 1. The van der Waals surface area contributed by atoms with E-state index >= 15 is 0 Å². The molecule has 108 valence electrons. The quantitative estimate of drug-likeness (QED) is 0.684. The van der Waals surface area contributed by atoms with E-state index in [0.29, 0.717) is 0 Å². The second kappa shape index (κ2) is 5.45. The van der Waals surface area contributed by atoms with Gasteiger partial charge in [-0.1, -0.05) is 12.1 Å². The second-order valence-electron chi connectivity index (χ2n) is 5.25. The summed E-state index contributed by atoms with van der Waals surface area (Å²) in [5, 5.41) is 3.17. The fraction of sp³-hybridized carbons (Fsp3) is 0.235. The van der Waals surface area contributed by atoms with Crippen LogP contribution in [0.15, 0.2) is 35.7 Å².